The van der Waals surface area contributed by atoms with Gasteiger partial charge >= 0.3 is 5.97 Å². The summed E-state index contributed by atoms with van der Waals surface area (Å²) in [6, 6.07) is 5.13. The number of hydrogen-bond donors (Lipinski definition) is 1. The monoisotopic (exact) mass is 230 g/mol. The molecule has 0 atom stereocenters. The highest BCUT2D eigenvalue weighted by Crippen LogP contribution is 2.20. The summed E-state index contributed by atoms with van der Waals surface area (Å²) in [7, 11) is 0. The van der Waals surface area contributed by atoms with Crippen LogP contribution in [0.3, 0.4) is 0 Å². The van der Waals surface area contributed by atoms with Crippen molar-refractivity contribution < 1.29 is 9.90 Å². The van der Waals surface area contributed by atoms with E-state index in [9.17, 15) is 4.79 Å². The van der Waals surface area contributed by atoms with Gasteiger partial charge in [-0.25, -0.2) is 4.79 Å². The summed E-state index contributed by atoms with van der Waals surface area (Å²) in [6.45, 7) is 2.07. The van der Waals surface area contributed by atoms with E-state index in [2.05, 4.69) is 6.92 Å². The lowest BCUT2D eigenvalue weighted by molar-refractivity contribution is 0.0697. The van der Waals surface area contributed by atoms with Gasteiger partial charge in [0.2, 0.25) is 0 Å². The van der Waals surface area contributed by atoms with Crippen LogP contribution in [0.1, 0.15) is 22.8 Å². The van der Waals surface area contributed by atoms with Gasteiger partial charge < -0.3 is 5.11 Å². The van der Waals surface area contributed by atoms with Crippen LogP contribution in [-0.2, 0) is 5.75 Å². The molecule has 0 spiro atoms. The lowest BCUT2D eigenvalue weighted by atomic mass is 10.1. The molecule has 1 N–H and O–H groups in total. The molecular weight excluding hydrogens is 220 g/mol. The Hall–Kier alpha value is -0.670. The largest absolute Gasteiger partial charge is 0.478 e. The second kappa shape index (κ2) is 5.27. The van der Waals surface area contributed by atoms with Crippen LogP contribution in [0.25, 0.3) is 0 Å². The number of carboxylic acids is 1. The van der Waals surface area contributed by atoms with E-state index in [1.165, 1.54) is 0 Å². The molecule has 0 unspecified atom stereocenters. The third kappa shape index (κ3) is 2.93. The summed E-state index contributed by atoms with van der Waals surface area (Å²) in [5.74, 6) is 0.872. The zero-order valence-electron chi connectivity index (χ0n) is 7.79. The van der Waals surface area contributed by atoms with Crippen LogP contribution in [0.5, 0.6) is 0 Å². The summed E-state index contributed by atoms with van der Waals surface area (Å²) >= 11 is 7.49. The Morgan fingerprint density at radius 3 is 2.86 bits per heavy atom. The van der Waals surface area contributed by atoms with Gasteiger partial charge in [-0.05, 0) is 23.4 Å². The molecule has 1 aromatic carbocycles. The smallest absolute Gasteiger partial charge is 0.337 e. The molecule has 0 aliphatic carbocycles. The third-order valence-corrected chi connectivity index (χ3v) is 3.01. The molecule has 1 rings (SSSR count). The molecular formula is C10H11ClO2S. The first-order valence-corrected chi connectivity index (χ1v) is 5.78. The van der Waals surface area contributed by atoms with E-state index in [4.69, 9.17) is 16.7 Å². The minimum absolute atomic E-state index is 0.181. The van der Waals surface area contributed by atoms with E-state index in [1.54, 1.807) is 23.9 Å². The number of thioether (sulfide) groups is 1. The van der Waals surface area contributed by atoms with Crippen molar-refractivity contribution in [2.75, 3.05) is 5.75 Å². The topological polar surface area (TPSA) is 37.3 Å². The van der Waals surface area contributed by atoms with E-state index in [0.29, 0.717) is 5.02 Å². The SMILES string of the molecule is CCSCc1ccc(Cl)c(C(=O)O)c1. The maximum Gasteiger partial charge on any atom is 0.337 e. The molecule has 0 heterocycles. The fourth-order valence-corrected chi connectivity index (χ4v) is 1.86. The number of rotatable bonds is 4. The van der Waals surface area contributed by atoms with Gasteiger partial charge in [0.05, 0.1) is 10.6 Å². The molecule has 14 heavy (non-hydrogen) atoms. The Morgan fingerprint density at radius 2 is 2.29 bits per heavy atom. The van der Waals surface area contributed by atoms with E-state index in [1.807, 2.05) is 6.07 Å². The minimum atomic E-state index is -0.974. The van der Waals surface area contributed by atoms with Gasteiger partial charge in [-0.1, -0.05) is 24.6 Å². The highest BCUT2D eigenvalue weighted by atomic mass is 35.5. The minimum Gasteiger partial charge on any atom is -0.478 e. The van der Waals surface area contributed by atoms with Crippen LogP contribution in [0.15, 0.2) is 18.2 Å². The van der Waals surface area contributed by atoms with Gasteiger partial charge in [-0.15, -0.1) is 0 Å². The predicted molar refractivity (Wildman–Crippen MR) is 60.2 cm³/mol. The van der Waals surface area contributed by atoms with Crippen LogP contribution in [0.4, 0.5) is 0 Å². The third-order valence-electron chi connectivity index (χ3n) is 1.73. The van der Waals surface area contributed by atoms with Crippen molar-refractivity contribution in [3.05, 3.63) is 34.3 Å². The number of halogens is 1. The zero-order valence-corrected chi connectivity index (χ0v) is 9.36. The lowest BCUT2D eigenvalue weighted by Crippen LogP contribution is -1.98. The highest BCUT2D eigenvalue weighted by Gasteiger charge is 2.08. The normalized spacial score (nSPS) is 10.1. The van der Waals surface area contributed by atoms with Gasteiger partial charge in [-0.2, -0.15) is 11.8 Å². The van der Waals surface area contributed by atoms with Crippen LogP contribution in [0.2, 0.25) is 5.02 Å². The molecule has 0 saturated heterocycles. The molecule has 0 aliphatic heterocycles. The van der Waals surface area contributed by atoms with Crippen molar-refractivity contribution in [1.29, 1.82) is 0 Å². The molecule has 2 nitrogen and oxygen atoms in total. The van der Waals surface area contributed by atoms with E-state index in [0.717, 1.165) is 17.1 Å². The molecule has 4 heteroatoms. The van der Waals surface area contributed by atoms with Gasteiger partial charge in [-0.3, -0.25) is 0 Å². The number of carboxylic acid groups (broad SMARTS) is 1. The fourth-order valence-electron chi connectivity index (χ4n) is 1.05. The van der Waals surface area contributed by atoms with Crippen molar-refractivity contribution in [3.8, 4) is 0 Å². The highest BCUT2D eigenvalue weighted by molar-refractivity contribution is 7.98. The van der Waals surface area contributed by atoms with Crippen molar-refractivity contribution >= 4 is 29.3 Å². The van der Waals surface area contributed by atoms with Crippen LogP contribution in [-0.4, -0.2) is 16.8 Å². The van der Waals surface area contributed by atoms with Crippen molar-refractivity contribution in [1.82, 2.24) is 0 Å². The number of hydrogen-bond acceptors (Lipinski definition) is 2. The maximum atomic E-state index is 10.8. The molecule has 0 radical (unpaired) electrons. The van der Waals surface area contributed by atoms with Crippen LogP contribution >= 0.6 is 23.4 Å². The van der Waals surface area contributed by atoms with Crippen molar-refractivity contribution in [2.45, 2.75) is 12.7 Å². The second-order valence-corrected chi connectivity index (χ2v) is 4.44. The van der Waals surface area contributed by atoms with Gasteiger partial charge in [0.15, 0.2) is 0 Å². The first-order chi connectivity index (χ1) is 6.65. The summed E-state index contributed by atoms with van der Waals surface area (Å²) in [6.07, 6.45) is 0. The molecule has 0 aromatic heterocycles. The quantitative estimate of drug-likeness (QED) is 0.863. The summed E-state index contributed by atoms with van der Waals surface area (Å²) in [4.78, 5) is 10.8. The molecule has 0 aliphatic rings. The lowest BCUT2D eigenvalue weighted by Gasteiger charge is -2.03. The molecule has 76 valence electrons. The van der Waals surface area contributed by atoms with E-state index < -0.39 is 5.97 Å². The first kappa shape index (κ1) is 11.4. The number of benzene rings is 1. The van der Waals surface area contributed by atoms with Crippen molar-refractivity contribution in [3.63, 3.8) is 0 Å². The van der Waals surface area contributed by atoms with E-state index in [-0.39, 0.29) is 5.56 Å². The van der Waals surface area contributed by atoms with E-state index >= 15 is 0 Å². The van der Waals surface area contributed by atoms with Gasteiger partial charge in [0.25, 0.3) is 0 Å². The Balaban J connectivity index is 2.89. The average molecular weight is 231 g/mol. The van der Waals surface area contributed by atoms with Crippen molar-refractivity contribution in [2.24, 2.45) is 0 Å². The Kier molecular flexibility index (Phi) is 4.29. The number of carbonyl (C=O) groups is 1. The second-order valence-electron chi connectivity index (χ2n) is 2.76. The zero-order chi connectivity index (χ0) is 10.6. The maximum absolute atomic E-state index is 10.8. The fraction of sp³-hybridized carbons (Fsp3) is 0.300. The average Bonchev–Trinajstić information content (AvgIpc) is 2.16. The Bertz CT molecular complexity index is 339. The Labute approximate surface area is 92.3 Å². The first-order valence-electron chi connectivity index (χ1n) is 4.24. The summed E-state index contributed by atoms with van der Waals surface area (Å²) in [5, 5.41) is 9.12. The molecule has 1 aromatic rings. The summed E-state index contributed by atoms with van der Waals surface area (Å²) < 4.78 is 0. The molecule has 0 amide bonds. The number of aromatic carboxylic acids is 1. The van der Waals surface area contributed by atoms with Crippen LogP contribution < -0.4 is 0 Å². The van der Waals surface area contributed by atoms with Crippen LogP contribution in [0, 0.1) is 0 Å². The van der Waals surface area contributed by atoms with Gasteiger partial charge in [0.1, 0.15) is 0 Å². The molecule has 0 saturated carbocycles. The Morgan fingerprint density at radius 1 is 1.57 bits per heavy atom. The standard InChI is InChI=1S/C10H11ClO2S/c1-2-14-6-7-3-4-9(11)8(5-7)10(12)13/h3-5H,2,6H2,1H3,(H,12,13). The molecule has 0 fully saturated rings. The predicted octanol–water partition coefficient (Wildman–Crippen LogP) is 3.29. The van der Waals surface area contributed by atoms with Gasteiger partial charge in [0, 0.05) is 5.75 Å². The molecule has 0 bridgehead atoms. The summed E-state index contributed by atoms with van der Waals surface area (Å²) in [5.41, 5.74) is 1.18.